The zero-order valence-electron chi connectivity index (χ0n) is 18.5. The van der Waals surface area contributed by atoms with Crippen LogP contribution >= 0.6 is 0 Å². The van der Waals surface area contributed by atoms with E-state index in [-0.39, 0.29) is 11.8 Å². The van der Waals surface area contributed by atoms with Crippen LogP contribution in [0, 0.1) is 0 Å². The summed E-state index contributed by atoms with van der Waals surface area (Å²) in [5.74, 6) is 0.489. The van der Waals surface area contributed by atoms with Crippen molar-refractivity contribution in [1.82, 2.24) is 15.2 Å². The predicted octanol–water partition coefficient (Wildman–Crippen LogP) is 3.76. The molecule has 0 saturated heterocycles. The van der Waals surface area contributed by atoms with Crippen molar-refractivity contribution in [3.8, 4) is 5.75 Å². The van der Waals surface area contributed by atoms with Crippen LogP contribution in [-0.4, -0.2) is 34.8 Å². The average Bonchev–Trinajstić information content (AvgIpc) is 2.85. The molecule has 0 radical (unpaired) electrons. The van der Waals surface area contributed by atoms with Crippen molar-refractivity contribution in [2.75, 3.05) is 7.11 Å². The molecule has 1 aromatic heterocycles. The topological polar surface area (TPSA) is 71.5 Å². The number of pyridine rings is 1. The first kappa shape index (κ1) is 23.0. The fourth-order valence-electron chi connectivity index (χ4n) is 3.49. The van der Waals surface area contributed by atoms with E-state index < -0.39 is 6.04 Å². The highest BCUT2D eigenvalue weighted by Crippen LogP contribution is 2.18. The van der Waals surface area contributed by atoms with Crippen molar-refractivity contribution in [1.29, 1.82) is 0 Å². The summed E-state index contributed by atoms with van der Waals surface area (Å²) in [6.45, 7) is 2.51. The molecule has 1 atom stereocenters. The Morgan fingerprint density at radius 1 is 0.969 bits per heavy atom. The van der Waals surface area contributed by atoms with Gasteiger partial charge in [0, 0.05) is 38.3 Å². The third-order valence-corrected chi connectivity index (χ3v) is 5.28. The van der Waals surface area contributed by atoms with Crippen molar-refractivity contribution in [3.63, 3.8) is 0 Å². The lowest BCUT2D eigenvalue weighted by molar-refractivity contribution is -0.141. The molecule has 6 nitrogen and oxygen atoms in total. The minimum atomic E-state index is -0.636. The first-order valence-corrected chi connectivity index (χ1v) is 10.7. The molecule has 0 bridgehead atoms. The van der Waals surface area contributed by atoms with Gasteiger partial charge in [-0.15, -0.1) is 0 Å². The summed E-state index contributed by atoms with van der Waals surface area (Å²) in [5, 5.41) is 2.99. The SMILES string of the molecule is CCC(=O)N(Cc1ccc(OC)cc1)C(Cc1ccccc1)C(=O)NCc1cccnc1. The van der Waals surface area contributed by atoms with Crippen LogP contribution in [0.4, 0.5) is 0 Å². The molecule has 166 valence electrons. The lowest BCUT2D eigenvalue weighted by atomic mass is 10.0. The number of benzene rings is 2. The van der Waals surface area contributed by atoms with Gasteiger partial charge in [-0.2, -0.15) is 0 Å². The Kier molecular flexibility index (Phi) is 8.37. The van der Waals surface area contributed by atoms with E-state index in [2.05, 4.69) is 10.3 Å². The molecule has 0 aliphatic carbocycles. The molecule has 2 amide bonds. The van der Waals surface area contributed by atoms with Gasteiger partial charge in [0.25, 0.3) is 0 Å². The highest BCUT2D eigenvalue weighted by atomic mass is 16.5. The second-order valence-electron chi connectivity index (χ2n) is 7.51. The van der Waals surface area contributed by atoms with Crippen LogP contribution in [0.5, 0.6) is 5.75 Å². The van der Waals surface area contributed by atoms with Gasteiger partial charge in [-0.1, -0.05) is 55.5 Å². The molecule has 1 unspecified atom stereocenters. The van der Waals surface area contributed by atoms with Gasteiger partial charge in [-0.05, 0) is 34.9 Å². The highest BCUT2D eigenvalue weighted by Gasteiger charge is 2.29. The lowest BCUT2D eigenvalue weighted by Gasteiger charge is -2.31. The molecule has 0 spiro atoms. The van der Waals surface area contributed by atoms with E-state index in [0.717, 1.165) is 22.4 Å². The molecule has 32 heavy (non-hydrogen) atoms. The first-order valence-electron chi connectivity index (χ1n) is 10.7. The van der Waals surface area contributed by atoms with Crippen LogP contribution in [0.1, 0.15) is 30.0 Å². The van der Waals surface area contributed by atoms with Gasteiger partial charge in [-0.25, -0.2) is 0 Å². The number of carbonyl (C=O) groups is 2. The standard InChI is InChI=1S/C26H29N3O3/c1-3-25(30)29(19-21-11-13-23(32-2)14-12-21)24(16-20-8-5-4-6-9-20)26(31)28-18-22-10-7-15-27-17-22/h4-15,17,24H,3,16,18-19H2,1-2H3,(H,28,31). The van der Waals surface area contributed by atoms with E-state index >= 15 is 0 Å². The molecule has 1 heterocycles. The first-order chi connectivity index (χ1) is 15.6. The molecule has 0 fully saturated rings. The van der Waals surface area contributed by atoms with Gasteiger partial charge >= 0.3 is 0 Å². The minimum Gasteiger partial charge on any atom is -0.497 e. The van der Waals surface area contributed by atoms with Crippen molar-refractivity contribution < 1.29 is 14.3 Å². The number of nitrogens with one attached hydrogen (secondary N) is 1. The number of amides is 2. The molecule has 3 aromatic rings. The Morgan fingerprint density at radius 2 is 1.69 bits per heavy atom. The highest BCUT2D eigenvalue weighted by molar-refractivity contribution is 5.87. The monoisotopic (exact) mass is 431 g/mol. The van der Waals surface area contributed by atoms with Gasteiger partial charge < -0.3 is 15.0 Å². The summed E-state index contributed by atoms with van der Waals surface area (Å²) in [4.78, 5) is 32.1. The molecule has 3 rings (SSSR count). The molecular weight excluding hydrogens is 402 g/mol. The van der Waals surface area contributed by atoms with Gasteiger partial charge in [0.05, 0.1) is 7.11 Å². The fourth-order valence-corrected chi connectivity index (χ4v) is 3.49. The van der Waals surface area contributed by atoms with E-state index in [9.17, 15) is 9.59 Å². The minimum absolute atomic E-state index is 0.0710. The third kappa shape index (κ3) is 6.41. The summed E-state index contributed by atoms with van der Waals surface area (Å²) in [5.41, 5.74) is 2.84. The van der Waals surface area contributed by atoms with E-state index in [0.29, 0.717) is 25.9 Å². The molecule has 6 heteroatoms. The number of carbonyl (C=O) groups excluding carboxylic acids is 2. The number of rotatable bonds is 10. The molecule has 0 aliphatic rings. The summed E-state index contributed by atoms with van der Waals surface area (Å²) in [6.07, 6.45) is 4.16. The van der Waals surface area contributed by atoms with E-state index in [1.165, 1.54) is 0 Å². The Bertz CT molecular complexity index is 992. The molecule has 1 N–H and O–H groups in total. The quantitative estimate of drug-likeness (QED) is 0.531. The summed E-state index contributed by atoms with van der Waals surface area (Å²) in [6, 6.07) is 20.4. The number of ether oxygens (including phenoxy) is 1. The van der Waals surface area contributed by atoms with Crippen LogP contribution in [0.25, 0.3) is 0 Å². The van der Waals surface area contributed by atoms with Gasteiger partial charge in [-0.3, -0.25) is 14.6 Å². The van der Waals surface area contributed by atoms with Gasteiger partial charge in [0.2, 0.25) is 11.8 Å². The third-order valence-electron chi connectivity index (χ3n) is 5.28. The van der Waals surface area contributed by atoms with Crippen molar-refractivity contribution in [2.24, 2.45) is 0 Å². The predicted molar refractivity (Wildman–Crippen MR) is 124 cm³/mol. The normalized spacial score (nSPS) is 11.4. The van der Waals surface area contributed by atoms with E-state index in [1.54, 1.807) is 24.4 Å². The van der Waals surface area contributed by atoms with Crippen molar-refractivity contribution >= 4 is 11.8 Å². The maximum absolute atomic E-state index is 13.3. The smallest absolute Gasteiger partial charge is 0.243 e. The molecule has 0 aliphatic heterocycles. The van der Waals surface area contributed by atoms with Crippen LogP contribution in [0.2, 0.25) is 0 Å². The van der Waals surface area contributed by atoms with Crippen LogP contribution in [0.3, 0.4) is 0 Å². The number of hydrogen-bond donors (Lipinski definition) is 1. The van der Waals surface area contributed by atoms with Gasteiger partial charge in [0.1, 0.15) is 11.8 Å². The van der Waals surface area contributed by atoms with E-state index in [1.807, 2.05) is 73.7 Å². The maximum Gasteiger partial charge on any atom is 0.243 e. The number of nitrogens with zero attached hydrogens (tertiary/aromatic N) is 2. The lowest BCUT2D eigenvalue weighted by Crippen LogP contribution is -2.50. The summed E-state index contributed by atoms with van der Waals surface area (Å²) in [7, 11) is 1.62. The number of aromatic nitrogens is 1. The molecule has 2 aromatic carbocycles. The maximum atomic E-state index is 13.3. The fraction of sp³-hybridized carbons (Fsp3) is 0.269. The largest absolute Gasteiger partial charge is 0.497 e. The van der Waals surface area contributed by atoms with Crippen LogP contribution < -0.4 is 10.1 Å². The number of hydrogen-bond acceptors (Lipinski definition) is 4. The van der Waals surface area contributed by atoms with Crippen LogP contribution in [-0.2, 0) is 29.1 Å². The van der Waals surface area contributed by atoms with Gasteiger partial charge in [0.15, 0.2) is 0 Å². The Hall–Kier alpha value is -3.67. The van der Waals surface area contributed by atoms with E-state index in [4.69, 9.17) is 4.74 Å². The average molecular weight is 432 g/mol. The second-order valence-corrected chi connectivity index (χ2v) is 7.51. The Morgan fingerprint density at radius 3 is 2.31 bits per heavy atom. The summed E-state index contributed by atoms with van der Waals surface area (Å²) >= 11 is 0. The second kappa shape index (κ2) is 11.6. The number of methoxy groups -OCH3 is 1. The zero-order valence-corrected chi connectivity index (χ0v) is 18.5. The zero-order chi connectivity index (χ0) is 22.8. The molecule has 0 saturated carbocycles. The summed E-state index contributed by atoms with van der Waals surface area (Å²) < 4.78 is 5.23. The van der Waals surface area contributed by atoms with Crippen molar-refractivity contribution in [3.05, 3.63) is 95.8 Å². The Labute approximate surface area is 189 Å². The van der Waals surface area contributed by atoms with Crippen LogP contribution in [0.15, 0.2) is 79.1 Å². The molecular formula is C26H29N3O3. The Balaban J connectivity index is 1.85. The van der Waals surface area contributed by atoms with Crippen molar-refractivity contribution in [2.45, 2.75) is 38.9 Å².